The van der Waals surface area contributed by atoms with Crippen LogP contribution < -0.4 is 10.6 Å². The van der Waals surface area contributed by atoms with Crippen molar-refractivity contribution in [2.75, 3.05) is 25.6 Å². The molecule has 122 valence electrons. The van der Waals surface area contributed by atoms with Gasteiger partial charge >= 0.3 is 0 Å². The monoisotopic (exact) mass is 354 g/mol. The Morgan fingerprint density at radius 3 is 2.61 bits per heavy atom. The minimum Gasteiger partial charge on any atom is -0.385 e. The molecule has 23 heavy (non-hydrogen) atoms. The van der Waals surface area contributed by atoms with Crippen LogP contribution in [0.4, 0.5) is 11.5 Å². The van der Waals surface area contributed by atoms with Gasteiger partial charge in [-0.2, -0.15) is 0 Å². The Labute approximate surface area is 144 Å². The fourth-order valence-corrected chi connectivity index (χ4v) is 2.36. The van der Waals surface area contributed by atoms with Crippen molar-refractivity contribution in [3.63, 3.8) is 0 Å². The summed E-state index contributed by atoms with van der Waals surface area (Å²) in [6.45, 7) is 1.11. The van der Waals surface area contributed by atoms with E-state index in [9.17, 15) is 4.79 Å². The molecule has 1 amide bonds. The normalized spacial score (nSPS) is 10.4. The average Bonchev–Trinajstić information content (AvgIpc) is 2.50. The fourth-order valence-electron chi connectivity index (χ4n) is 1.83. The van der Waals surface area contributed by atoms with Crippen LogP contribution in [0.15, 0.2) is 30.6 Å². The molecule has 1 aromatic heterocycles. The van der Waals surface area contributed by atoms with Crippen LogP contribution in [0, 0.1) is 0 Å². The summed E-state index contributed by atoms with van der Waals surface area (Å²) < 4.78 is 4.93. The summed E-state index contributed by atoms with van der Waals surface area (Å²) in [4.78, 5) is 20.1. The number of carbonyl (C=O) groups is 1. The summed E-state index contributed by atoms with van der Waals surface area (Å²) in [5.74, 6) is 0.205. The van der Waals surface area contributed by atoms with Crippen molar-refractivity contribution in [1.82, 2.24) is 15.3 Å². The Kier molecular flexibility index (Phi) is 6.58. The zero-order valence-corrected chi connectivity index (χ0v) is 14.0. The van der Waals surface area contributed by atoms with Gasteiger partial charge in [-0.1, -0.05) is 23.2 Å². The number of nitrogens with one attached hydrogen (secondary N) is 2. The van der Waals surface area contributed by atoms with Crippen LogP contribution in [0.3, 0.4) is 0 Å². The van der Waals surface area contributed by atoms with Gasteiger partial charge in [-0.25, -0.2) is 9.97 Å². The fraction of sp³-hybridized carbons (Fsp3) is 0.267. The predicted molar refractivity (Wildman–Crippen MR) is 90.6 cm³/mol. The lowest BCUT2D eigenvalue weighted by Crippen LogP contribution is -2.26. The molecule has 0 radical (unpaired) electrons. The van der Waals surface area contributed by atoms with Crippen LogP contribution in [0.25, 0.3) is 0 Å². The smallest absolute Gasteiger partial charge is 0.270 e. The van der Waals surface area contributed by atoms with Gasteiger partial charge in [-0.05, 0) is 24.6 Å². The number of halogens is 2. The second kappa shape index (κ2) is 8.67. The number of nitrogens with zero attached hydrogens (tertiary/aromatic N) is 2. The molecule has 0 saturated heterocycles. The molecule has 0 bridgehead atoms. The van der Waals surface area contributed by atoms with E-state index in [4.69, 9.17) is 27.9 Å². The van der Waals surface area contributed by atoms with E-state index in [1.165, 1.54) is 6.33 Å². The van der Waals surface area contributed by atoms with Gasteiger partial charge in [0.25, 0.3) is 5.91 Å². The van der Waals surface area contributed by atoms with Crippen molar-refractivity contribution in [1.29, 1.82) is 0 Å². The van der Waals surface area contributed by atoms with Crippen molar-refractivity contribution in [3.8, 4) is 0 Å². The van der Waals surface area contributed by atoms with Crippen molar-refractivity contribution in [2.45, 2.75) is 6.42 Å². The summed E-state index contributed by atoms with van der Waals surface area (Å²) in [7, 11) is 1.62. The summed E-state index contributed by atoms with van der Waals surface area (Å²) >= 11 is 11.9. The lowest BCUT2D eigenvalue weighted by molar-refractivity contribution is 0.0943. The van der Waals surface area contributed by atoms with Gasteiger partial charge in [-0.15, -0.1) is 0 Å². The SMILES string of the molecule is COCCCNC(=O)c1cc(Nc2cc(Cl)cc(Cl)c2)ncn1. The minimum atomic E-state index is -0.268. The van der Waals surface area contributed by atoms with E-state index in [1.54, 1.807) is 31.4 Å². The summed E-state index contributed by atoms with van der Waals surface area (Å²) in [5.41, 5.74) is 0.945. The quantitative estimate of drug-likeness (QED) is 0.746. The van der Waals surface area contributed by atoms with Crippen molar-refractivity contribution in [3.05, 3.63) is 46.3 Å². The lowest BCUT2D eigenvalue weighted by atomic mass is 10.3. The third kappa shape index (κ3) is 5.67. The molecule has 1 aromatic carbocycles. The molecule has 8 heteroatoms. The number of anilines is 2. The number of hydrogen-bond acceptors (Lipinski definition) is 5. The molecule has 0 spiro atoms. The molecule has 2 N–H and O–H groups in total. The highest BCUT2D eigenvalue weighted by molar-refractivity contribution is 6.35. The standard InChI is InChI=1S/C15H16Cl2N4O2/c1-23-4-2-3-18-15(22)13-8-14(20-9-19-13)21-12-6-10(16)5-11(17)7-12/h5-9H,2-4H2,1H3,(H,18,22)(H,19,20,21). The molecule has 2 aromatic rings. The van der Waals surface area contributed by atoms with E-state index in [0.717, 1.165) is 6.42 Å². The van der Waals surface area contributed by atoms with Crippen LogP contribution in [-0.2, 0) is 4.74 Å². The van der Waals surface area contributed by atoms with Gasteiger partial charge in [0.2, 0.25) is 0 Å². The molecule has 0 aliphatic heterocycles. The van der Waals surface area contributed by atoms with Gasteiger partial charge in [-0.3, -0.25) is 4.79 Å². The second-order valence-electron chi connectivity index (χ2n) is 4.67. The van der Waals surface area contributed by atoms with Gasteiger partial charge < -0.3 is 15.4 Å². The molecule has 0 aliphatic rings. The first-order valence-corrected chi connectivity index (χ1v) is 7.66. The van der Waals surface area contributed by atoms with Crippen molar-refractivity contribution >= 4 is 40.6 Å². The molecular formula is C15H16Cl2N4O2. The molecule has 0 saturated carbocycles. The molecular weight excluding hydrogens is 339 g/mol. The maximum Gasteiger partial charge on any atom is 0.270 e. The Bertz CT molecular complexity index is 662. The first-order valence-electron chi connectivity index (χ1n) is 6.91. The molecule has 0 atom stereocenters. The maximum absolute atomic E-state index is 12.0. The van der Waals surface area contributed by atoms with E-state index in [2.05, 4.69) is 20.6 Å². The molecule has 1 heterocycles. The maximum atomic E-state index is 12.0. The van der Waals surface area contributed by atoms with E-state index in [0.29, 0.717) is 34.7 Å². The summed E-state index contributed by atoms with van der Waals surface area (Å²) in [6, 6.07) is 6.60. The Morgan fingerprint density at radius 2 is 1.91 bits per heavy atom. The largest absolute Gasteiger partial charge is 0.385 e. The topological polar surface area (TPSA) is 76.1 Å². The van der Waals surface area contributed by atoms with Crippen LogP contribution in [0.1, 0.15) is 16.9 Å². The average molecular weight is 355 g/mol. The molecule has 0 aliphatic carbocycles. The number of benzene rings is 1. The van der Waals surface area contributed by atoms with Crippen LogP contribution in [0.2, 0.25) is 10.0 Å². The first kappa shape index (κ1) is 17.5. The van der Waals surface area contributed by atoms with E-state index in [-0.39, 0.29) is 11.6 Å². The van der Waals surface area contributed by atoms with E-state index < -0.39 is 0 Å². The van der Waals surface area contributed by atoms with Crippen molar-refractivity contribution in [2.24, 2.45) is 0 Å². The molecule has 0 unspecified atom stereocenters. The number of hydrogen-bond donors (Lipinski definition) is 2. The Hall–Kier alpha value is -1.89. The minimum absolute atomic E-state index is 0.268. The zero-order chi connectivity index (χ0) is 16.7. The third-order valence-electron chi connectivity index (χ3n) is 2.85. The van der Waals surface area contributed by atoms with E-state index >= 15 is 0 Å². The Morgan fingerprint density at radius 1 is 1.17 bits per heavy atom. The molecule has 2 rings (SSSR count). The summed E-state index contributed by atoms with van der Waals surface area (Å²) in [5, 5.41) is 6.81. The van der Waals surface area contributed by atoms with Gasteiger partial charge in [0.05, 0.1) is 0 Å². The van der Waals surface area contributed by atoms with Crippen LogP contribution in [0.5, 0.6) is 0 Å². The number of amides is 1. The molecule has 6 nitrogen and oxygen atoms in total. The van der Waals surface area contributed by atoms with Crippen LogP contribution >= 0.6 is 23.2 Å². The number of ether oxygens (including phenoxy) is 1. The first-order chi connectivity index (χ1) is 11.1. The lowest BCUT2D eigenvalue weighted by Gasteiger charge is -2.08. The Balaban J connectivity index is 2.03. The highest BCUT2D eigenvalue weighted by atomic mass is 35.5. The van der Waals surface area contributed by atoms with Crippen molar-refractivity contribution < 1.29 is 9.53 Å². The number of methoxy groups -OCH3 is 1. The van der Waals surface area contributed by atoms with Gasteiger partial charge in [0, 0.05) is 42.1 Å². The van der Waals surface area contributed by atoms with E-state index in [1.807, 2.05) is 0 Å². The highest BCUT2D eigenvalue weighted by Gasteiger charge is 2.08. The van der Waals surface area contributed by atoms with Gasteiger partial charge in [0.15, 0.2) is 0 Å². The number of aromatic nitrogens is 2. The number of carbonyl (C=O) groups excluding carboxylic acids is 1. The third-order valence-corrected chi connectivity index (χ3v) is 3.28. The second-order valence-corrected chi connectivity index (χ2v) is 5.55. The molecule has 0 fully saturated rings. The van der Waals surface area contributed by atoms with Crippen LogP contribution in [-0.4, -0.2) is 36.1 Å². The number of rotatable bonds is 7. The highest BCUT2D eigenvalue weighted by Crippen LogP contribution is 2.24. The summed E-state index contributed by atoms with van der Waals surface area (Å²) in [6.07, 6.45) is 2.05. The van der Waals surface area contributed by atoms with Gasteiger partial charge in [0.1, 0.15) is 17.8 Å². The zero-order valence-electron chi connectivity index (χ0n) is 12.5. The predicted octanol–water partition coefficient (Wildman–Crippen LogP) is 3.29.